The Balaban J connectivity index is 1.41. The minimum atomic E-state index is -1.98. The van der Waals surface area contributed by atoms with Crippen LogP contribution >= 0.6 is 0 Å². The SMILES string of the molecule is CCCCCCCCCCCCCCCCCCCCCCCCC/C=C/CC/C=C/C(O)C(COC1OC(CO)C(OC2OC(CO)C(OC3OC(CO)C(O)C(O)C3O)C(O)C2O)C(O)C1O)NC(=O)CCCCCCCCCCCCCCCCC. The number of aliphatic hydroxyl groups excluding tert-OH is 11. The van der Waals surface area contributed by atoms with E-state index in [0.717, 1.165) is 38.5 Å². The van der Waals surface area contributed by atoms with Crippen LogP contribution in [0, 0.1) is 0 Å². The second kappa shape index (κ2) is 52.5. The number of carbonyl (C=O) groups is 1. The van der Waals surface area contributed by atoms with Crippen molar-refractivity contribution in [2.45, 2.75) is 388 Å². The summed E-state index contributed by atoms with van der Waals surface area (Å²) in [6.07, 6.45) is 33.2. The zero-order valence-electron chi connectivity index (χ0n) is 55.4. The second-order valence-electron chi connectivity index (χ2n) is 26.1. The number of rotatable bonds is 56. The number of hydrogen-bond acceptors (Lipinski definition) is 18. The highest BCUT2D eigenvalue weighted by atomic mass is 16.8. The quantitative estimate of drug-likeness (QED) is 0.0199. The molecule has 3 heterocycles. The number of unbranched alkanes of at least 4 members (excludes halogenated alkanes) is 38. The molecule has 0 spiro atoms. The van der Waals surface area contributed by atoms with Crippen LogP contribution in [0.5, 0.6) is 0 Å². The molecule has 3 rings (SSSR count). The average Bonchev–Trinajstić information content (AvgIpc) is 1.97. The highest BCUT2D eigenvalue weighted by Crippen LogP contribution is 2.33. The molecule has 19 nitrogen and oxygen atoms in total. The van der Waals surface area contributed by atoms with Gasteiger partial charge in [0.1, 0.15) is 73.2 Å². The van der Waals surface area contributed by atoms with E-state index in [9.17, 15) is 61.0 Å². The van der Waals surface area contributed by atoms with Gasteiger partial charge in [0.25, 0.3) is 0 Å². The van der Waals surface area contributed by atoms with E-state index in [1.807, 2.05) is 6.08 Å². The fraction of sp³-hybridized carbons (Fsp3) is 0.929. The van der Waals surface area contributed by atoms with Crippen LogP contribution in [0.4, 0.5) is 0 Å². The molecule has 0 aromatic carbocycles. The lowest BCUT2D eigenvalue weighted by atomic mass is 9.96. The number of ether oxygens (including phenoxy) is 6. The monoisotopic (exact) mass is 1270 g/mol. The molecule has 0 saturated carbocycles. The first-order chi connectivity index (χ1) is 43.3. The van der Waals surface area contributed by atoms with Crippen molar-refractivity contribution in [3.05, 3.63) is 24.3 Å². The summed E-state index contributed by atoms with van der Waals surface area (Å²) in [7, 11) is 0. The van der Waals surface area contributed by atoms with E-state index in [2.05, 4.69) is 31.3 Å². The molecule has 89 heavy (non-hydrogen) atoms. The maximum absolute atomic E-state index is 13.4. The Kier molecular flexibility index (Phi) is 48.1. The molecule has 3 aliphatic heterocycles. The Labute approximate surface area is 537 Å². The Morgan fingerprint density at radius 3 is 1.12 bits per heavy atom. The van der Waals surface area contributed by atoms with Gasteiger partial charge >= 0.3 is 0 Å². The highest BCUT2D eigenvalue weighted by molar-refractivity contribution is 5.76. The minimum absolute atomic E-state index is 0.240. The first-order valence-electron chi connectivity index (χ1n) is 36.1. The third kappa shape index (κ3) is 34.5. The Hall–Kier alpha value is -1.73. The number of nitrogens with one attached hydrogen (secondary N) is 1. The molecule has 0 bridgehead atoms. The van der Waals surface area contributed by atoms with Crippen LogP contribution in [0.2, 0.25) is 0 Å². The van der Waals surface area contributed by atoms with E-state index in [0.29, 0.717) is 12.8 Å². The van der Waals surface area contributed by atoms with Crippen molar-refractivity contribution in [3.63, 3.8) is 0 Å². The summed E-state index contributed by atoms with van der Waals surface area (Å²) in [5, 5.41) is 120. The van der Waals surface area contributed by atoms with Crippen molar-refractivity contribution in [1.29, 1.82) is 0 Å². The molecule has 0 aromatic heterocycles. The van der Waals surface area contributed by atoms with Gasteiger partial charge in [-0.2, -0.15) is 0 Å². The van der Waals surface area contributed by atoms with Crippen LogP contribution in [0.15, 0.2) is 24.3 Å². The second-order valence-corrected chi connectivity index (χ2v) is 26.1. The number of allylic oxidation sites excluding steroid dienone is 3. The Morgan fingerprint density at radius 2 is 0.719 bits per heavy atom. The predicted octanol–water partition coefficient (Wildman–Crippen LogP) is 9.83. The predicted molar refractivity (Wildman–Crippen MR) is 346 cm³/mol. The van der Waals surface area contributed by atoms with Crippen LogP contribution < -0.4 is 5.32 Å². The topological polar surface area (TPSA) is 307 Å². The molecule has 3 aliphatic rings. The maximum atomic E-state index is 13.4. The largest absolute Gasteiger partial charge is 0.394 e. The van der Waals surface area contributed by atoms with E-state index >= 15 is 0 Å². The van der Waals surface area contributed by atoms with Crippen molar-refractivity contribution in [1.82, 2.24) is 5.32 Å². The lowest BCUT2D eigenvalue weighted by Gasteiger charge is -2.48. The van der Waals surface area contributed by atoms with Gasteiger partial charge in [-0.15, -0.1) is 0 Å². The Morgan fingerprint density at radius 1 is 0.393 bits per heavy atom. The summed E-state index contributed by atoms with van der Waals surface area (Å²) in [4.78, 5) is 13.4. The molecule has 3 fully saturated rings. The van der Waals surface area contributed by atoms with Gasteiger partial charge < -0.3 is 89.9 Å². The first kappa shape index (κ1) is 81.5. The number of aliphatic hydroxyl groups is 11. The standard InChI is InChI=1S/C70H131NO18/c1-3-5-7-9-11-13-15-17-19-20-21-22-23-24-25-26-27-28-29-30-31-32-34-35-37-39-41-43-45-47-54(75)53(71-58(76)48-46-44-42-40-38-36-33-18-16-14-12-10-8-6-4-2)52-84-68-64(82)61(79)66(56(50-73)86-68)89-70-65(83)62(80)67(57(51-74)87-70)88-69-63(81)60(78)59(77)55(49-72)85-69/h37,39,45,47,53-57,59-70,72-75,77-83H,3-36,38,40-44,46,48-52H2,1-2H3,(H,71,76)/b39-37+,47-45+. The van der Waals surface area contributed by atoms with Crippen molar-refractivity contribution >= 4 is 5.91 Å². The molecule has 1 amide bonds. The lowest BCUT2D eigenvalue weighted by molar-refractivity contribution is -0.379. The van der Waals surface area contributed by atoms with Crippen LogP contribution in [0.3, 0.4) is 0 Å². The maximum Gasteiger partial charge on any atom is 0.220 e. The van der Waals surface area contributed by atoms with Gasteiger partial charge in [0.15, 0.2) is 18.9 Å². The van der Waals surface area contributed by atoms with E-state index in [1.165, 1.54) is 212 Å². The van der Waals surface area contributed by atoms with Gasteiger partial charge in [0.2, 0.25) is 5.91 Å². The molecule has 524 valence electrons. The van der Waals surface area contributed by atoms with E-state index in [1.54, 1.807) is 6.08 Å². The molecule has 0 aliphatic carbocycles. The molecular formula is C70H131NO18. The zero-order chi connectivity index (χ0) is 64.7. The van der Waals surface area contributed by atoms with Crippen LogP contribution in [0.25, 0.3) is 0 Å². The summed E-state index contributed by atoms with van der Waals surface area (Å²) in [6.45, 7) is 1.75. The average molecular weight is 1270 g/mol. The summed E-state index contributed by atoms with van der Waals surface area (Å²) in [5.41, 5.74) is 0. The summed E-state index contributed by atoms with van der Waals surface area (Å²) >= 11 is 0. The van der Waals surface area contributed by atoms with Crippen LogP contribution in [0.1, 0.15) is 284 Å². The summed E-state index contributed by atoms with van der Waals surface area (Å²) in [6, 6.07) is -0.986. The third-order valence-corrected chi connectivity index (χ3v) is 18.3. The smallest absolute Gasteiger partial charge is 0.220 e. The van der Waals surface area contributed by atoms with Gasteiger partial charge in [-0.05, 0) is 32.1 Å². The molecule has 17 atom stereocenters. The van der Waals surface area contributed by atoms with Crippen molar-refractivity contribution in [2.24, 2.45) is 0 Å². The van der Waals surface area contributed by atoms with Crippen LogP contribution in [-0.4, -0.2) is 193 Å². The fourth-order valence-corrected chi connectivity index (χ4v) is 12.4. The van der Waals surface area contributed by atoms with Gasteiger partial charge in [0, 0.05) is 6.42 Å². The first-order valence-corrected chi connectivity index (χ1v) is 36.1. The molecular weight excluding hydrogens is 1140 g/mol. The van der Waals surface area contributed by atoms with Gasteiger partial charge in [0.05, 0.1) is 38.6 Å². The highest BCUT2D eigenvalue weighted by Gasteiger charge is 2.53. The van der Waals surface area contributed by atoms with E-state index < -0.39 is 124 Å². The Bertz CT molecular complexity index is 1710. The lowest BCUT2D eigenvalue weighted by Crippen LogP contribution is -2.66. The van der Waals surface area contributed by atoms with E-state index in [-0.39, 0.29) is 18.9 Å². The number of amides is 1. The van der Waals surface area contributed by atoms with Gasteiger partial charge in [-0.3, -0.25) is 4.79 Å². The third-order valence-electron chi connectivity index (χ3n) is 18.3. The molecule has 17 unspecified atom stereocenters. The molecule has 19 heteroatoms. The number of carbonyl (C=O) groups excluding carboxylic acids is 1. The van der Waals surface area contributed by atoms with Crippen molar-refractivity contribution in [2.75, 3.05) is 26.4 Å². The van der Waals surface area contributed by atoms with Crippen molar-refractivity contribution < 1.29 is 89.4 Å². The molecule has 12 N–H and O–H groups in total. The number of hydrogen-bond donors (Lipinski definition) is 12. The molecule has 0 aromatic rings. The van der Waals surface area contributed by atoms with Gasteiger partial charge in [-0.25, -0.2) is 0 Å². The fourth-order valence-electron chi connectivity index (χ4n) is 12.4. The van der Waals surface area contributed by atoms with Crippen LogP contribution in [-0.2, 0) is 33.2 Å². The van der Waals surface area contributed by atoms with E-state index in [4.69, 9.17) is 28.4 Å². The summed E-state index contributed by atoms with van der Waals surface area (Å²) < 4.78 is 34.3. The summed E-state index contributed by atoms with van der Waals surface area (Å²) in [5.74, 6) is -0.281. The normalized spacial score (nSPS) is 28.3. The van der Waals surface area contributed by atoms with Crippen molar-refractivity contribution in [3.8, 4) is 0 Å². The molecule has 0 radical (unpaired) electrons. The minimum Gasteiger partial charge on any atom is -0.394 e. The molecule has 3 saturated heterocycles. The zero-order valence-corrected chi connectivity index (χ0v) is 55.4. The van der Waals surface area contributed by atoms with Gasteiger partial charge in [-0.1, -0.05) is 269 Å².